The summed E-state index contributed by atoms with van der Waals surface area (Å²) in [6.07, 6.45) is 5.20. The van der Waals surface area contributed by atoms with Crippen molar-refractivity contribution in [2.75, 3.05) is 19.7 Å². The van der Waals surface area contributed by atoms with E-state index in [-0.39, 0.29) is 11.9 Å². The number of benzene rings is 1. The fourth-order valence-corrected chi connectivity index (χ4v) is 3.12. The van der Waals surface area contributed by atoms with Gasteiger partial charge in [0.2, 0.25) is 0 Å². The molecule has 0 spiro atoms. The van der Waals surface area contributed by atoms with Crippen LogP contribution in [0.4, 0.5) is 0 Å². The number of ketones is 1. The molecule has 1 aliphatic rings. The number of pyridine rings is 1. The van der Waals surface area contributed by atoms with Crippen molar-refractivity contribution in [3.63, 3.8) is 0 Å². The number of halogens is 1. The zero-order valence-corrected chi connectivity index (χ0v) is 15.4. The van der Waals surface area contributed by atoms with Gasteiger partial charge < -0.3 is 10.1 Å². The molecule has 1 saturated heterocycles. The molecule has 0 aliphatic carbocycles. The molecule has 1 aliphatic heterocycles. The van der Waals surface area contributed by atoms with Gasteiger partial charge in [0.15, 0.2) is 11.6 Å². The molecule has 3 aromatic rings. The number of ether oxygens (including phenoxy) is 1. The van der Waals surface area contributed by atoms with Crippen LogP contribution in [0.1, 0.15) is 27.6 Å². The summed E-state index contributed by atoms with van der Waals surface area (Å²) >= 11 is 5.85. The Morgan fingerprint density at radius 3 is 2.78 bits per heavy atom. The van der Waals surface area contributed by atoms with Crippen LogP contribution >= 0.6 is 11.6 Å². The fourth-order valence-electron chi connectivity index (χ4n) is 3.01. The summed E-state index contributed by atoms with van der Waals surface area (Å²) in [6, 6.07) is 11.5. The Labute approximate surface area is 162 Å². The number of carbonyl (C=O) groups is 1. The highest BCUT2D eigenvalue weighted by atomic mass is 35.5. The lowest BCUT2D eigenvalue weighted by Gasteiger charge is -2.24. The second-order valence-electron chi connectivity index (χ2n) is 6.41. The smallest absolute Gasteiger partial charge is 0.170 e. The quantitative estimate of drug-likeness (QED) is 0.687. The maximum atomic E-state index is 12.6. The largest absolute Gasteiger partial charge is 0.371 e. The van der Waals surface area contributed by atoms with E-state index in [0.717, 1.165) is 30.8 Å². The van der Waals surface area contributed by atoms with E-state index in [1.807, 2.05) is 24.3 Å². The number of hydrogen-bond donors (Lipinski definition) is 1. The molecule has 1 atom stereocenters. The van der Waals surface area contributed by atoms with Gasteiger partial charge in [0, 0.05) is 31.9 Å². The number of nitrogens with one attached hydrogen (secondary N) is 1. The minimum Gasteiger partial charge on any atom is -0.371 e. The second-order valence-corrected chi connectivity index (χ2v) is 6.85. The van der Waals surface area contributed by atoms with Crippen LogP contribution in [-0.2, 0) is 11.2 Å². The van der Waals surface area contributed by atoms with E-state index in [4.69, 9.17) is 16.3 Å². The summed E-state index contributed by atoms with van der Waals surface area (Å²) in [5.41, 5.74) is 2.64. The van der Waals surface area contributed by atoms with Crippen molar-refractivity contribution in [2.24, 2.45) is 0 Å². The van der Waals surface area contributed by atoms with Crippen molar-refractivity contribution in [3.8, 4) is 5.82 Å². The molecule has 0 unspecified atom stereocenters. The highest BCUT2D eigenvalue weighted by Gasteiger charge is 2.16. The number of nitrogens with zero attached hydrogens (tertiary/aromatic N) is 3. The molecule has 1 fully saturated rings. The lowest BCUT2D eigenvalue weighted by atomic mass is 10.0. The van der Waals surface area contributed by atoms with Gasteiger partial charge in [-0.25, -0.2) is 9.67 Å². The maximum Gasteiger partial charge on any atom is 0.170 e. The SMILES string of the molecule is O=C(Cc1ccc([C@H]2CNCCO2)cc1)c1cnn(-c2ccc(Cl)cn2)c1. The van der Waals surface area contributed by atoms with E-state index in [9.17, 15) is 4.79 Å². The third-order valence-electron chi connectivity index (χ3n) is 4.49. The Hall–Kier alpha value is -2.54. The lowest BCUT2D eigenvalue weighted by molar-refractivity contribution is 0.0277. The molecular formula is C20H19ClN4O2. The van der Waals surface area contributed by atoms with Crippen LogP contribution in [0.25, 0.3) is 5.82 Å². The van der Waals surface area contributed by atoms with E-state index in [1.165, 1.54) is 0 Å². The van der Waals surface area contributed by atoms with E-state index in [0.29, 0.717) is 22.8 Å². The zero-order chi connectivity index (χ0) is 18.6. The zero-order valence-electron chi connectivity index (χ0n) is 14.6. The maximum absolute atomic E-state index is 12.6. The standard InChI is InChI=1S/C20H19ClN4O2/c21-17-5-6-20(23-11-17)25-13-16(10-24-25)18(26)9-14-1-3-15(4-2-14)19-12-22-7-8-27-19/h1-6,10-11,13,19,22H,7-9,12H2/t19-/m1/s1. The number of morpholine rings is 1. The van der Waals surface area contributed by atoms with Crippen molar-refractivity contribution in [1.29, 1.82) is 0 Å². The average Bonchev–Trinajstić information content (AvgIpc) is 3.20. The molecule has 0 amide bonds. The van der Waals surface area contributed by atoms with Gasteiger partial charge in [-0.2, -0.15) is 5.10 Å². The van der Waals surface area contributed by atoms with Crippen LogP contribution in [0.2, 0.25) is 5.02 Å². The predicted octanol–water partition coefficient (Wildman–Crippen LogP) is 3.01. The Bertz CT molecular complexity index is 916. The van der Waals surface area contributed by atoms with E-state index in [2.05, 4.69) is 15.4 Å². The third kappa shape index (κ3) is 4.24. The molecule has 0 radical (unpaired) electrons. The molecule has 0 saturated carbocycles. The van der Waals surface area contributed by atoms with Crippen LogP contribution in [0.15, 0.2) is 55.0 Å². The van der Waals surface area contributed by atoms with Crippen molar-refractivity contribution in [2.45, 2.75) is 12.5 Å². The summed E-state index contributed by atoms with van der Waals surface area (Å²) in [4.78, 5) is 16.8. The molecule has 138 valence electrons. The number of aromatic nitrogens is 3. The molecule has 0 bridgehead atoms. The van der Waals surface area contributed by atoms with Gasteiger partial charge in [-0.05, 0) is 23.3 Å². The normalized spacial score (nSPS) is 17.0. The van der Waals surface area contributed by atoms with E-state index < -0.39 is 0 Å². The summed E-state index contributed by atoms with van der Waals surface area (Å²) in [6.45, 7) is 2.43. The number of Topliss-reactive ketones (excluding diaryl/α,β-unsaturated/α-hetero) is 1. The first-order chi connectivity index (χ1) is 13.2. The monoisotopic (exact) mass is 382 g/mol. The molecule has 7 heteroatoms. The van der Waals surface area contributed by atoms with Crippen LogP contribution in [0, 0.1) is 0 Å². The lowest BCUT2D eigenvalue weighted by Crippen LogP contribution is -2.33. The molecule has 4 rings (SSSR count). The fraction of sp³-hybridized carbons (Fsp3) is 0.250. The van der Waals surface area contributed by atoms with Crippen LogP contribution in [0.3, 0.4) is 0 Å². The van der Waals surface area contributed by atoms with Gasteiger partial charge in [-0.1, -0.05) is 35.9 Å². The van der Waals surface area contributed by atoms with Crippen LogP contribution in [-0.4, -0.2) is 40.2 Å². The van der Waals surface area contributed by atoms with Crippen molar-refractivity contribution in [1.82, 2.24) is 20.1 Å². The number of rotatable bonds is 5. The van der Waals surface area contributed by atoms with Gasteiger partial charge in [0.25, 0.3) is 0 Å². The molecule has 6 nitrogen and oxygen atoms in total. The molecular weight excluding hydrogens is 364 g/mol. The first-order valence-corrected chi connectivity index (χ1v) is 9.18. The topological polar surface area (TPSA) is 69.0 Å². The van der Waals surface area contributed by atoms with Gasteiger partial charge in [-0.3, -0.25) is 4.79 Å². The summed E-state index contributed by atoms with van der Waals surface area (Å²) in [5.74, 6) is 0.627. The Balaban J connectivity index is 1.42. The number of hydrogen-bond acceptors (Lipinski definition) is 5. The summed E-state index contributed by atoms with van der Waals surface area (Å²) in [7, 11) is 0. The van der Waals surface area contributed by atoms with Gasteiger partial charge in [0.1, 0.15) is 0 Å². The first-order valence-electron chi connectivity index (χ1n) is 8.80. The van der Waals surface area contributed by atoms with E-state index in [1.54, 1.807) is 35.4 Å². The highest BCUT2D eigenvalue weighted by Crippen LogP contribution is 2.20. The average molecular weight is 383 g/mol. The van der Waals surface area contributed by atoms with Gasteiger partial charge in [-0.15, -0.1) is 0 Å². The first kappa shape index (κ1) is 17.9. The molecule has 1 N–H and O–H groups in total. The van der Waals surface area contributed by atoms with Crippen molar-refractivity contribution < 1.29 is 9.53 Å². The van der Waals surface area contributed by atoms with E-state index >= 15 is 0 Å². The summed E-state index contributed by atoms with van der Waals surface area (Å²) < 4.78 is 7.32. The van der Waals surface area contributed by atoms with Gasteiger partial charge >= 0.3 is 0 Å². The minimum absolute atomic E-state index is 0.0125. The van der Waals surface area contributed by atoms with Crippen LogP contribution in [0.5, 0.6) is 0 Å². The van der Waals surface area contributed by atoms with Crippen molar-refractivity contribution >= 4 is 17.4 Å². The Morgan fingerprint density at radius 2 is 2.07 bits per heavy atom. The van der Waals surface area contributed by atoms with Crippen molar-refractivity contribution in [3.05, 3.63) is 76.7 Å². The number of carbonyl (C=O) groups excluding carboxylic acids is 1. The second kappa shape index (κ2) is 8.00. The highest BCUT2D eigenvalue weighted by molar-refractivity contribution is 6.30. The predicted molar refractivity (Wildman–Crippen MR) is 102 cm³/mol. The Morgan fingerprint density at radius 1 is 1.22 bits per heavy atom. The molecule has 2 aromatic heterocycles. The minimum atomic E-state index is 0.0125. The summed E-state index contributed by atoms with van der Waals surface area (Å²) in [5, 5.41) is 8.10. The Kier molecular flexibility index (Phi) is 5.29. The van der Waals surface area contributed by atoms with Gasteiger partial charge in [0.05, 0.1) is 29.5 Å². The third-order valence-corrected chi connectivity index (χ3v) is 4.72. The molecule has 1 aromatic carbocycles. The molecule has 3 heterocycles. The van der Waals surface area contributed by atoms with Crippen LogP contribution < -0.4 is 5.32 Å². The molecule has 27 heavy (non-hydrogen) atoms.